The molecule has 0 aliphatic rings. The van der Waals surface area contributed by atoms with Crippen molar-refractivity contribution in [1.82, 2.24) is 4.73 Å². The van der Waals surface area contributed by atoms with E-state index in [1.165, 1.54) is 36.5 Å². The van der Waals surface area contributed by atoms with Gasteiger partial charge in [0.25, 0.3) is 5.56 Å². The van der Waals surface area contributed by atoms with Crippen molar-refractivity contribution in [3.05, 3.63) is 70.1 Å². The first-order valence-corrected chi connectivity index (χ1v) is 5.44. The molecule has 2 aromatic rings. The number of hydrogen-bond acceptors (Lipinski definition) is 2. The molecular weight excluding hydrogens is 259 g/mol. The topological polar surface area (TPSA) is 31.2 Å². The Morgan fingerprint density at radius 2 is 1.74 bits per heavy atom. The van der Waals surface area contributed by atoms with Crippen molar-refractivity contribution in [2.75, 3.05) is 0 Å². The molecule has 0 atom stereocenters. The Kier molecular flexibility index (Phi) is 3.59. The molecule has 0 saturated carbocycles. The van der Waals surface area contributed by atoms with Gasteiger partial charge in [0.2, 0.25) is 0 Å². The van der Waals surface area contributed by atoms with Gasteiger partial charge in [-0.1, -0.05) is 24.3 Å². The van der Waals surface area contributed by atoms with Gasteiger partial charge in [0, 0.05) is 17.8 Å². The predicted octanol–water partition coefficient (Wildman–Crippen LogP) is 2.50. The summed E-state index contributed by atoms with van der Waals surface area (Å²) in [6.45, 7) is -0.334. The van der Waals surface area contributed by atoms with Crippen LogP contribution >= 0.6 is 0 Å². The number of benzene rings is 1. The van der Waals surface area contributed by atoms with Gasteiger partial charge < -0.3 is 4.84 Å². The zero-order chi connectivity index (χ0) is 13.9. The number of aromatic nitrogens is 1. The van der Waals surface area contributed by atoms with E-state index in [-0.39, 0.29) is 12.2 Å². The molecule has 0 spiro atoms. The highest BCUT2D eigenvalue weighted by molar-refractivity contribution is 5.28. The first kappa shape index (κ1) is 13.2. The second kappa shape index (κ2) is 5.17. The summed E-state index contributed by atoms with van der Waals surface area (Å²) in [6, 6.07) is 9.42. The van der Waals surface area contributed by atoms with E-state index in [0.29, 0.717) is 0 Å². The normalized spacial score (nSPS) is 11.3. The average Bonchev–Trinajstić information content (AvgIpc) is 2.37. The van der Waals surface area contributed by atoms with Crippen LogP contribution in [-0.2, 0) is 12.8 Å². The minimum atomic E-state index is -4.44. The maximum Gasteiger partial charge on any atom is 0.416 e. The summed E-state index contributed by atoms with van der Waals surface area (Å²) in [5, 5.41) is 0. The molecule has 100 valence electrons. The Morgan fingerprint density at radius 1 is 1.05 bits per heavy atom. The summed E-state index contributed by atoms with van der Waals surface area (Å²) in [6.07, 6.45) is -3.10. The van der Waals surface area contributed by atoms with Crippen LogP contribution < -0.4 is 10.4 Å². The molecule has 1 heterocycles. The molecule has 0 aliphatic heterocycles. The Bertz CT molecular complexity index is 620. The molecule has 0 radical (unpaired) electrons. The molecule has 2 rings (SSSR count). The molecule has 1 aromatic carbocycles. The summed E-state index contributed by atoms with van der Waals surface area (Å²) in [5.41, 5.74) is -1.23. The molecule has 3 nitrogen and oxygen atoms in total. The second-order valence-corrected chi connectivity index (χ2v) is 3.79. The zero-order valence-corrected chi connectivity index (χ0v) is 9.72. The van der Waals surface area contributed by atoms with E-state index < -0.39 is 17.3 Å². The minimum Gasteiger partial charge on any atom is -0.406 e. The Balaban J connectivity index is 2.21. The highest BCUT2D eigenvalue weighted by Gasteiger charge is 2.33. The van der Waals surface area contributed by atoms with Gasteiger partial charge in [0.15, 0.2) is 0 Å². The van der Waals surface area contributed by atoms with Crippen LogP contribution in [0.3, 0.4) is 0 Å². The van der Waals surface area contributed by atoms with E-state index >= 15 is 0 Å². The van der Waals surface area contributed by atoms with Crippen molar-refractivity contribution in [3.63, 3.8) is 0 Å². The smallest absolute Gasteiger partial charge is 0.406 e. The average molecular weight is 269 g/mol. The van der Waals surface area contributed by atoms with Crippen LogP contribution in [0.15, 0.2) is 53.5 Å². The van der Waals surface area contributed by atoms with Crippen molar-refractivity contribution >= 4 is 0 Å². The molecular formula is C13H10F3NO2. The number of halogens is 3. The fourth-order valence-corrected chi connectivity index (χ4v) is 1.58. The third-order valence-corrected chi connectivity index (χ3v) is 2.47. The lowest BCUT2D eigenvalue weighted by Gasteiger charge is -2.13. The van der Waals surface area contributed by atoms with Gasteiger partial charge in [-0.3, -0.25) is 4.79 Å². The second-order valence-electron chi connectivity index (χ2n) is 3.79. The maximum absolute atomic E-state index is 12.7. The number of rotatable bonds is 3. The van der Waals surface area contributed by atoms with Gasteiger partial charge in [0.05, 0.1) is 5.56 Å². The highest BCUT2D eigenvalue weighted by Crippen LogP contribution is 2.31. The van der Waals surface area contributed by atoms with Crippen LogP contribution in [-0.4, -0.2) is 4.73 Å². The van der Waals surface area contributed by atoms with Crippen LogP contribution in [0.4, 0.5) is 13.2 Å². The quantitative estimate of drug-likeness (QED) is 0.857. The lowest BCUT2D eigenvalue weighted by atomic mass is 10.1. The standard InChI is InChI=1S/C13H10F3NO2/c14-13(15,16)11-6-2-1-5-10(11)9-19-17-8-4-3-7-12(17)18/h1-8H,9H2. The SMILES string of the molecule is O=c1ccccn1OCc1ccccc1C(F)(F)F. The van der Waals surface area contributed by atoms with Crippen LogP contribution in [0.25, 0.3) is 0 Å². The largest absolute Gasteiger partial charge is 0.416 e. The fourth-order valence-electron chi connectivity index (χ4n) is 1.58. The minimum absolute atomic E-state index is 0.0225. The van der Waals surface area contributed by atoms with Gasteiger partial charge in [-0.05, 0) is 12.1 Å². The van der Waals surface area contributed by atoms with E-state index in [1.807, 2.05) is 0 Å². The summed E-state index contributed by atoms with van der Waals surface area (Å²) in [5.74, 6) is 0. The van der Waals surface area contributed by atoms with Crippen molar-refractivity contribution in [2.24, 2.45) is 0 Å². The third-order valence-electron chi connectivity index (χ3n) is 2.47. The number of pyridine rings is 1. The van der Waals surface area contributed by atoms with E-state index in [1.54, 1.807) is 6.07 Å². The molecule has 0 aliphatic carbocycles. The summed E-state index contributed by atoms with van der Waals surface area (Å²) >= 11 is 0. The molecule has 19 heavy (non-hydrogen) atoms. The number of nitrogens with zero attached hydrogens (tertiary/aromatic N) is 1. The summed E-state index contributed by atoms with van der Waals surface area (Å²) in [7, 11) is 0. The van der Waals surface area contributed by atoms with Gasteiger partial charge in [-0.2, -0.15) is 17.9 Å². The first-order valence-electron chi connectivity index (χ1n) is 5.44. The molecule has 0 saturated heterocycles. The Labute approximate surface area is 106 Å². The van der Waals surface area contributed by atoms with Gasteiger partial charge >= 0.3 is 6.18 Å². The summed E-state index contributed by atoms with van der Waals surface area (Å²) < 4.78 is 39.1. The van der Waals surface area contributed by atoms with Gasteiger partial charge in [0.1, 0.15) is 6.61 Å². The number of hydrogen-bond donors (Lipinski definition) is 0. The van der Waals surface area contributed by atoms with Crippen LogP contribution in [0.1, 0.15) is 11.1 Å². The maximum atomic E-state index is 12.7. The first-order chi connectivity index (χ1) is 8.98. The monoisotopic (exact) mass is 269 g/mol. The van der Waals surface area contributed by atoms with E-state index in [2.05, 4.69) is 0 Å². The highest BCUT2D eigenvalue weighted by atomic mass is 19.4. The molecule has 0 fully saturated rings. The predicted molar refractivity (Wildman–Crippen MR) is 62.4 cm³/mol. The fraction of sp³-hybridized carbons (Fsp3) is 0.154. The molecule has 0 bridgehead atoms. The Hall–Kier alpha value is -2.24. The summed E-state index contributed by atoms with van der Waals surface area (Å²) in [4.78, 5) is 16.4. The lowest BCUT2D eigenvalue weighted by Crippen LogP contribution is -2.25. The van der Waals surface area contributed by atoms with Crippen molar-refractivity contribution in [3.8, 4) is 0 Å². The van der Waals surface area contributed by atoms with Crippen molar-refractivity contribution in [2.45, 2.75) is 12.8 Å². The van der Waals surface area contributed by atoms with E-state index in [0.717, 1.165) is 10.8 Å². The zero-order valence-electron chi connectivity index (χ0n) is 9.72. The van der Waals surface area contributed by atoms with Crippen LogP contribution in [0, 0.1) is 0 Å². The lowest BCUT2D eigenvalue weighted by molar-refractivity contribution is -0.138. The van der Waals surface area contributed by atoms with Crippen molar-refractivity contribution < 1.29 is 18.0 Å². The number of alkyl halides is 3. The molecule has 6 heteroatoms. The third kappa shape index (κ3) is 3.15. The molecule has 1 aromatic heterocycles. The van der Waals surface area contributed by atoms with E-state index in [4.69, 9.17) is 4.84 Å². The molecule has 0 amide bonds. The molecule has 0 N–H and O–H groups in total. The van der Waals surface area contributed by atoms with Crippen molar-refractivity contribution in [1.29, 1.82) is 0 Å². The van der Waals surface area contributed by atoms with Gasteiger partial charge in [-0.15, -0.1) is 0 Å². The van der Waals surface area contributed by atoms with E-state index in [9.17, 15) is 18.0 Å². The van der Waals surface area contributed by atoms with Crippen LogP contribution in [0.5, 0.6) is 0 Å². The Morgan fingerprint density at radius 3 is 2.42 bits per heavy atom. The van der Waals surface area contributed by atoms with Gasteiger partial charge in [-0.25, -0.2) is 0 Å². The molecule has 0 unspecified atom stereocenters. The van der Waals surface area contributed by atoms with Crippen LogP contribution in [0.2, 0.25) is 0 Å².